The highest BCUT2D eigenvalue weighted by molar-refractivity contribution is 5.69. The average molecular weight is 315 g/mol. The molecular weight excluding hydrogens is 294 g/mol. The fourth-order valence-corrected chi connectivity index (χ4v) is 2.58. The molecule has 1 amide bonds. The molecule has 1 aliphatic rings. The fourth-order valence-electron chi connectivity index (χ4n) is 2.58. The van der Waals surface area contributed by atoms with E-state index >= 15 is 0 Å². The Balaban J connectivity index is 1.76. The summed E-state index contributed by atoms with van der Waals surface area (Å²) in [6.07, 6.45) is 0.523. The smallest absolute Gasteiger partial charge is 0.410 e. The number of amides is 1. The number of ether oxygens (including phenoxy) is 1. The number of hydrogen-bond donors (Lipinski definition) is 0. The lowest BCUT2D eigenvalue weighted by Crippen LogP contribution is -2.39. The van der Waals surface area contributed by atoms with Gasteiger partial charge < -0.3 is 14.2 Å². The van der Waals surface area contributed by atoms with Gasteiger partial charge in [0.1, 0.15) is 5.60 Å². The van der Waals surface area contributed by atoms with E-state index in [2.05, 4.69) is 16.2 Å². The molecule has 1 aromatic carbocycles. The van der Waals surface area contributed by atoms with Gasteiger partial charge in [-0.3, -0.25) is 0 Å². The average Bonchev–Trinajstić information content (AvgIpc) is 2.91. The molecule has 6 nitrogen and oxygen atoms in total. The maximum Gasteiger partial charge on any atom is 0.410 e. The second-order valence-electron chi connectivity index (χ2n) is 6.78. The molecular formula is C17H21N3O3. The first-order valence-electron chi connectivity index (χ1n) is 7.72. The predicted octanol–water partition coefficient (Wildman–Crippen LogP) is 3.34. The van der Waals surface area contributed by atoms with Crippen molar-refractivity contribution >= 4 is 6.09 Å². The summed E-state index contributed by atoms with van der Waals surface area (Å²) in [5, 5.41) is 3.82. The van der Waals surface area contributed by atoms with Gasteiger partial charge in [0.25, 0.3) is 5.89 Å². The third-order valence-electron chi connectivity index (χ3n) is 3.64. The first-order chi connectivity index (χ1) is 10.8. The van der Waals surface area contributed by atoms with E-state index < -0.39 is 5.60 Å². The summed E-state index contributed by atoms with van der Waals surface area (Å²) in [5.74, 6) is 1.15. The highest BCUT2D eigenvalue weighted by Gasteiger charge is 2.26. The predicted molar refractivity (Wildman–Crippen MR) is 84.8 cm³/mol. The summed E-state index contributed by atoms with van der Waals surface area (Å²) < 4.78 is 10.7. The van der Waals surface area contributed by atoms with Gasteiger partial charge in [0, 0.05) is 18.7 Å². The molecule has 1 aliphatic heterocycles. The third-order valence-corrected chi connectivity index (χ3v) is 3.64. The van der Waals surface area contributed by atoms with Gasteiger partial charge in [0.05, 0.1) is 0 Å². The van der Waals surface area contributed by atoms with Crippen molar-refractivity contribution in [1.82, 2.24) is 15.0 Å². The molecule has 23 heavy (non-hydrogen) atoms. The Kier molecular flexibility index (Phi) is 3.83. The second kappa shape index (κ2) is 5.68. The molecule has 0 radical (unpaired) electrons. The Bertz CT molecular complexity index is 731. The van der Waals surface area contributed by atoms with Crippen molar-refractivity contribution in [2.75, 3.05) is 6.54 Å². The monoisotopic (exact) mass is 315 g/mol. The van der Waals surface area contributed by atoms with Crippen LogP contribution in [-0.2, 0) is 17.7 Å². The van der Waals surface area contributed by atoms with Crippen LogP contribution in [0.4, 0.5) is 4.79 Å². The summed E-state index contributed by atoms with van der Waals surface area (Å²) in [6.45, 7) is 8.64. The van der Waals surface area contributed by atoms with E-state index in [1.165, 1.54) is 5.56 Å². The van der Waals surface area contributed by atoms with Gasteiger partial charge in [-0.1, -0.05) is 11.2 Å². The van der Waals surface area contributed by atoms with Gasteiger partial charge in [-0.2, -0.15) is 4.98 Å². The van der Waals surface area contributed by atoms with Crippen LogP contribution < -0.4 is 0 Å². The number of carbonyl (C=O) groups is 1. The summed E-state index contributed by atoms with van der Waals surface area (Å²) in [5.41, 5.74) is 2.77. The number of aromatic nitrogens is 2. The molecule has 0 atom stereocenters. The third kappa shape index (κ3) is 3.52. The molecule has 2 heterocycles. The van der Waals surface area contributed by atoms with Gasteiger partial charge in [0.15, 0.2) is 5.82 Å². The van der Waals surface area contributed by atoms with Crippen molar-refractivity contribution in [2.45, 2.75) is 46.3 Å². The maximum absolute atomic E-state index is 12.2. The fraction of sp³-hybridized carbons (Fsp3) is 0.471. The van der Waals surface area contributed by atoms with Crippen LogP contribution in [0.2, 0.25) is 0 Å². The van der Waals surface area contributed by atoms with E-state index in [1.807, 2.05) is 32.9 Å². The highest BCUT2D eigenvalue weighted by Crippen LogP contribution is 2.26. The van der Waals surface area contributed by atoms with Gasteiger partial charge in [-0.15, -0.1) is 0 Å². The summed E-state index contributed by atoms with van der Waals surface area (Å²) in [6, 6.07) is 6.03. The van der Waals surface area contributed by atoms with E-state index in [9.17, 15) is 4.79 Å². The minimum absolute atomic E-state index is 0.264. The zero-order valence-electron chi connectivity index (χ0n) is 13.9. The Morgan fingerprint density at radius 2 is 2.09 bits per heavy atom. The number of carbonyl (C=O) groups excluding carboxylic acids is 1. The normalized spacial score (nSPS) is 14.5. The van der Waals surface area contributed by atoms with Crippen LogP contribution in [0.1, 0.15) is 37.7 Å². The molecule has 6 heteroatoms. The summed E-state index contributed by atoms with van der Waals surface area (Å²) in [4.78, 5) is 18.2. The number of aryl methyl sites for hydroxylation is 1. The molecule has 0 bridgehead atoms. The Hall–Kier alpha value is -2.37. The summed E-state index contributed by atoms with van der Waals surface area (Å²) >= 11 is 0. The topological polar surface area (TPSA) is 68.5 Å². The van der Waals surface area contributed by atoms with Crippen LogP contribution in [0.5, 0.6) is 0 Å². The largest absolute Gasteiger partial charge is 0.444 e. The Morgan fingerprint density at radius 1 is 1.30 bits per heavy atom. The number of hydrogen-bond acceptors (Lipinski definition) is 5. The molecule has 0 saturated carbocycles. The van der Waals surface area contributed by atoms with Crippen LogP contribution >= 0.6 is 0 Å². The Labute approximate surface area is 135 Å². The lowest BCUT2D eigenvalue weighted by molar-refractivity contribution is 0.0224. The molecule has 0 spiro atoms. The van der Waals surface area contributed by atoms with Crippen molar-refractivity contribution in [2.24, 2.45) is 0 Å². The minimum atomic E-state index is -0.475. The van der Waals surface area contributed by atoms with Crippen LogP contribution in [-0.4, -0.2) is 33.3 Å². The van der Waals surface area contributed by atoms with E-state index in [0.29, 0.717) is 24.8 Å². The standard InChI is InChI=1S/C17H21N3O3/c1-11-18-15(23-19-11)13-5-6-14-10-20(8-7-12(14)9-13)16(21)22-17(2,3)4/h5-6,9H,7-8,10H2,1-4H3. The van der Waals surface area contributed by atoms with Crippen molar-refractivity contribution in [3.8, 4) is 11.5 Å². The van der Waals surface area contributed by atoms with Crippen LogP contribution in [0.15, 0.2) is 22.7 Å². The van der Waals surface area contributed by atoms with Crippen molar-refractivity contribution in [3.05, 3.63) is 35.2 Å². The molecule has 122 valence electrons. The molecule has 2 aromatic rings. The van der Waals surface area contributed by atoms with E-state index in [-0.39, 0.29) is 6.09 Å². The zero-order valence-corrected chi connectivity index (χ0v) is 13.9. The number of nitrogens with zero attached hydrogens (tertiary/aromatic N) is 3. The van der Waals surface area contributed by atoms with Gasteiger partial charge >= 0.3 is 6.09 Å². The second-order valence-corrected chi connectivity index (χ2v) is 6.78. The number of benzene rings is 1. The maximum atomic E-state index is 12.2. The quantitative estimate of drug-likeness (QED) is 0.807. The highest BCUT2D eigenvalue weighted by atomic mass is 16.6. The van der Waals surface area contributed by atoms with E-state index in [0.717, 1.165) is 17.5 Å². The first kappa shape index (κ1) is 15.5. The van der Waals surface area contributed by atoms with Crippen LogP contribution in [0.3, 0.4) is 0 Å². The number of fused-ring (bicyclic) bond motifs is 1. The lowest BCUT2D eigenvalue weighted by atomic mass is 9.97. The van der Waals surface area contributed by atoms with Crippen LogP contribution in [0.25, 0.3) is 11.5 Å². The van der Waals surface area contributed by atoms with Gasteiger partial charge in [-0.05, 0) is 57.4 Å². The molecule has 0 N–H and O–H groups in total. The minimum Gasteiger partial charge on any atom is -0.444 e. The molecule has 1 aromatic heterocycles. The first-order valence-corrected chi connectivity index (χ1v) is 7.72. The lowest BCUT2D eigenvalue weighted by Gasteiger charge is -2.31. The Morgan fingerprint density at radius 3 is 2.74 bits per heavy atom. The molecule has 0 saturated heterocycles. The van der Waals surface area contributed by atoms with Crippen molar-refractivity contribution in [1.29, 1.82) is 0 Å². The van der Waals surface area contributed by atoms with Gasteiger partial charge in [-0.25, -0.2) is 4.79 Å². The molecule has 0 aliphatic carbocycles. The SMILES string of the molecule is Cc1noc(-c2ccc3c(c2)CCN(C(=O)OC(C)(C)C)C3)n1. The van der Waals surface area contributed by atoms with E-state index in [1.54, 1.807) is 11.8 Å². The van der Waals surface area contributed by atoms with Crippen molar-refractivity contribution < 1.29 is 14.1 Å². The number of rotatable bonds is 1. The van der Waals surface area contributed by atoms with E-state index in [4.69, 9.17) is 9.26 Å². The summed E-state index contributed by atoms with van der Waals surface area (Å²) in [7, 11) is 0. The molecule has 0 unspecified atom stereocenters. The van der Waals surface area contributed by atoms with Crippen LogP contribution in [0, 0.1) is 6.92 Å². The molecule has 3 rings (SSSR count). The zero-order chi connectivity index (χ0) is 16.6. The van der Waals surface area contributed by atoms with Crippen molar-refractivity contribution in [3.63, 3.8) is 0 Å². The van der Waals surface area contributed by atoms with Gasteiger partial charge in [0.2, 0.25) is 0 Å². The molecule has 0 fully saturated rings.